The molecule has 2 rings (SSSR count). The van der Waals surface area contributed by atoms with Gasteiger partial charge in [0.05, 0.1) is 1.37 Å². The third kappa shape index (κ3) is 5.17. The lowest BCUT2D eigenvalue weighted by atomic mass is 10.2. The molecule has 0 aromatic heterocycles. The molecule has 0 spiro atoms. The maximum atomic E-state index is 11.6. The zero-order valence-corrected chi connectivity index (χ0v) is 11.7. The van der Waals surface area contributed by atoms with Crippen LogP contribution in [0.25, 0.3) is 12.2 Å². The number of benzene rings is 2. The number of hydrogen-bond donors (Lipinski definition) is 2. The molecule has 0 radical (unpaired) electrons. The molecule has 0 saturated carbocycles. The van der Waals surface area contributed by atoms with Crippen LogP contribution in [0, 0.1) is 0 Å². The van der Waals surface area contributed by atoms with Crippen molar-refractivity contribution in [2.24, 2.45) is 0 Å². The molecule has 0 aliphatic carbocycles. The van der Waals surface area contributed by atoms with E-state index in [1.807, 2.05) is 0 Å². The molecule has 0 fully saturated rings. The second kappa shape index (κ2) is 7.69. The van der Waals surface area contributed by atoms with E-state index in [4.69, 9.17) is 16.3 Å². The van der Waals surface area contributed by atoms with Gasteiger partial charge in [-0.05, 0) is 47.5 Å². The Morgan fingerprint density at radius 2 is 1.45 bits per heavy atom. The van der Waals surface area contributed by atoms with Gasteiger partial charge in [-0.2, -0.15) is 0 Å². The summed E-state index contributed by atoms with van der Waals surface area (Å²) in [4.78, 5) is 11.6. The van der Waals surface area contributed by atoms with Gasteiger partial charge in [0.15, 0.2) is 0 Å². The van der Waals surface area contributed by atoms with Crippen LogP contribution in [-0.4, -0.2) is 22.8 Å². The quantitative estimate of drug-likeness (QED) is 0.656. The Bertz CT molecular complexity index is 703. The van der Waals surface area contributed by atoms with Crippen molar-refractivity contribution in [1.82, 2.24) is 0 Å². The molecule has 1 atom stereocenters. The number of phenolic OH excluding ortho intramolecular Hbond substituents is 2. The van der Waals surface area contributed by atoms with E-state index in [-0.39, 0.29) is 11.5 Å². The first-order valence-corrected chi connectivity index (χ1v) is 6.60. The van der Waals surface area contributed by atoms with E-state index >= 15 is 0 Å². The highest BCUT2D eigenvalue weighted by Crippen LogP contribution is 2.11. The topological polar surface area (TPSA) is 66.8 Å². The number of esters is 1. The molecule has 0 aliphatic rings. The summed E-state index contributed by atoms with van der Waals surface area (Å²) in [5, 5.41) is 18.3. The molecule has 1 unspecified atom stereocenters. The molecule has 4 heteroatoms. The molecule has 22 heavy (non-hydrogen) atoms. The predicted molar refractivity (Wildman–Crippen MR) is 85.2 cm³/mol. The van der Waals surface area contributed by atoms with E-state index in [0.717, 1.165) is 11.1 Å². The molecule has 0 amide bonds. The molecule has 4 nitrogen and oxygen atoms in total. The Morgan fingerprint density at radius 3 is 2.00 bits per heavy atom. The SMILES string of the molecule is [3H]C(/C=C/c1ccc(O)cc1)OC(=O)/C=C/c1ccc(O)cc1. The minimum atomic E-state index is -1.12. The van der Waals surface area contributed by atoms with E-state index in [9.17, 15) is 4.79 Å². The molecular formula is C18H16O4. The van der Waals surface area contributed by atoms with Gasteiger partial charge in [-0.15, -0.1) is 0 Å². The summed E-state index contributed by atoms with van der Waals surface area (Å²) in [6.45, 7) is -1.12. The molecule has 0 aliphatic heterocycles. The van der Waals surface area contributed by atoms with E-state index < -0.39 is 12.6 Å². The molecule has 112 valence electrons. The van der Waals surface area contributed by atoms with Crippen LogP contribution in [0.1, 0.15) is 12.5 Å². The average molecular weight is 298 g/mol. The number of carbonyl (C=O) groups excluding carboxylic acids is 1. The minimum Gasteiger partial charge on any atom is -0.508 e. The van der Waals surface area contributed by atoms with Gasteiger partial charge in [-0.3, -0.25) is 0 Å². The first-order valence-electron chi connectivity index (χ1n) is 7.18. The van der Waals surface area contributed by atoms with Gasteiger partial charge in [0.2, 0.25) is 0 Å². The number of carbonyl (C=O) groups is 1. The van der Waals surface area contributed by atoms with E-state index in [0.29, 0.717) is 0 Å². The fraction of sp³-hybridized carbons (Fsp3) is 0.0556. The third-order valence-electron chi connectivity index (χ3n) is 2.75. The minimum absolute atomic E-state index is 0.148. The van der Waals surface area contributed by atoms with E-state index in [2.05, 4.69) is 0 Å². The molecule has 2 N–H and O–H groups in total. The first kappa shape index (κ1) is 13.9. The highest BCUT2D eigenvalue weighted by atomic mass is 16.5. The molecular weight excluding hydrogens is 280 g/mol. The number of aromatic hydroxyl groups is 2. The van der Waals surface area contributed by atoms with Gasteiger partial charge in [0, 0.05) is 6.08 Å². The Balaban J connectivity index is 1.86. The molecule has 0 bridgehead atoms. The lowest BCUT2D eigenvalue weighted by Gasteiger charge is -1.98. The van der Waals surface area contributed by atoms with Crippen molar-refractivity contribution in [1.29, 1.82) is 0 Å². The summed E-state index contributed by atoms with van der Waals surface area (Å²) in [5.41, 5.74) is 1.52. The van der Waals surface area contributed by atoms with Crippen LogP contribution in [0.4, 0.5) is 0 Å². The van der Waals surface area contributed by atoms with E-state index in [1.54, 1.807) is 30.3 Å². The Labute approximate surface area is 130 Å². The highest BCUT2D eigenvalue weighted by Gasteiger charge is 1.95. The van der Waals surface area contributed by atoms with Gasteiger partial charge in [0.25, 0.3) is 0 Å². The summed E-state index contributed by atoms with van der Waals surface area (Å²) in [6, 6.07) is 12.8. The molecule has 2 aromatic carbocycles. The number of ether oxygens (including phenoxy) is 1. The zero-order chi connectivity index (χ0) is 16.7. The van der Waals surface area contributed by atoms with Crippen molar-refractivity contribution in [3.8, 4) is 11.5 Å². The van der Waals surface area contributed by atoms with Crippen LogP contribution < -0.4 is 0 Å². The van der Waals surface area contributed by atoms with Crippen molar-refractivity contribution < 1.29 is 21.1 Å². The molecule has 0 saturated heterocycles. The summed E-state index contributed by atoms with van der Waals surface area (Å²) in [5.74, 6) is -0.320. The smallest absolute Gasteiger partial charge is 0.331 e. The standard InChI is InChI=1S/C18H16O4/c19-16-8-3-14(4-9-16)2-1-13-22-18(21)12-7-15-5-10-17(20)11-6-15/h1-12,19-20H,13H2/b2-1+,12-7+/i13T. The Morgan fingerprint density at radius 1 is 0.955 bits per heavy atom. The van der Waals surface area contributed by atoms with Gasteiger partial charge < -0.3 is 14.9 Å². The van der Waals surface area contributed by atoms with Crippen LogP contribution in [0.15, 0.2) is 60.7 Å². The monoisotopic (exact) mass is 298 g/mol. The van der Waals surface area contributed by atoms with Crippen LogP contribution in [0.5, 0.6) is 11.5 Å². The average Bonchev–Trinajstić information content (AvgIpc) is 2.54. The van der Waals surface area contributed by atoms with E-state index in [1.165, 1.54) is 42.5 Å². The van der Waals surface area contributed by atoms with Crippen LogP contribution >= 0.6 is 0 Å². The molecule has 0 heterocycles. The normalized spacial score (nSPS) is 13.2. The third-order valence-corrected chi connectivity index (χ3v) is 2.75. The van der Waals surface area contributed by atoms with Gasteiger partial charge in [-0.1, -0.05) is 30.3 Å². The molecule has 2 aromatic rings. The maximum absolute atomic E-state index is 11.6. The predicted octanol–water partition coefficient (Wildman–Crippen LogP) is 3.37. The van der Waals surface area contributed by atoms with Crippen molar-refractivity contribution in [2.45, 2.75) is 0 Å². The summed E-state index contributed by atoms with van der Waals surface area (Å²) in [7, 11) is 0. The fourth-order valence-corrected chi connectivity index (χ4v) is 1.63. The Kier molecular flexibility index (Phi) is 4.87. The first-order chi connectivity index (χ1) is 11.0. The van der Waals surface area contributed by atoms with Crippen LogP contribution in [0.3, 0.4) is 0 Å². The lowest BCUT2D eigenvalue weighted by molar-refractivity contribution is -0.136. The lowest BCUT2D eigenvalue weighted by Crippen LogP contribution is -1.99. The summed E-state index contributed by atoms with van der Waals surface area (Å²) < 4.78 is 12.6. The van der Waals surface area contributed by atoms with Crippen molar-refractivity contribution >= 4 is 18.1 Å². The number of phenols is 2. The van der Waals surface area contributed by atoms with Crippen molar-refractivity contribution in [3.63, 3.8) is 0 Å². The van der Waals surface area contributed by atoms with Gasteiger partial charge >= 0.3 is 5.97 Å². The van der Waals surface area contributed by atoms with Gasteiger partial charge in [-0.25, -0.2) is 4.79 Å². The van der Waals surface area contributed by atoms with Gasteiger partial charge in [0.1, 0.15) is 18.1 Å². The maximum Gasteiger partial charge on any atom is 0.331 e. The van der Waals surface area contributed by atoms with Crippen LogP contribution in [-0.2, 0) is 9.53 Å². The van der Waals surface area contributed by atoms with Crippen molar-refractivity contribution in [2.75, 3.05) is 6.58 Å². The highest BCUT2D eigenvalue weighted by molar-refractivity contribution is 5.87. The largest absolute Gasteiger partial charge is 0.508 e. The second-order valence-corrected chi connectivity index (χ2v) is 4.45. The second-order valence-electron chi connectivity index (χ2n) is 4.45. The zero-order valence-electron chi connectivity index (χ0n) is 12.7. The van der Waals surface area contributed by atoms with Crippen molar-refractivity contribution in [3.05, 3.63) is 71.8 Å². The number of hydrogen-bond acceptors (Lipinski definition) is 4. The summed E-state index contributed by atoms with van der Waals surface area (Å²) in [6.07, 6.45) is 5.83. The fourth-order valence-electron chi connectivity index (χ4n) is 1.63. The Hall–Kier alpha value is -3.01. The van der Waals surface area contributed by atoms with Crippen LogP contribution in [0.2, 0.25) is 0 Å². The number of rotatable bonds is 5. The summed E-state index contributed by atoms with van der Waals surface area (Å²) >= 11 is 0.